The van der Waals surface area contributed by atoms with Gasteiger partial charge in [-0.15, -0.1) is 0 Å². The highest BCUT2D eigenvalue weighted by molar-refractivity contribution is 5.78. The zero-order chi connectivity index (χ0) is 12.5. The molecule has 0 saturated heterocycles. The first-order valence-electron chi connectivity index (χ1n) is 5.54. The number of nitrogens with two attached hydrogens (primary N) is 1. The Balaban J connectivity index is 2.09. The highest BCUT2D eigenvalue weighted by Gasteiger charge is 2.09. The number of rotatable bonds is 2. The normalized spacial score (nSPS) is 10.9. The van der Waals surface area contributed by atoms with Crippen molar-refractivity contribution in [2.45, 2.75) is 6.54 Å². The average Bonchev–Trinajstić information content (AvgIpc) is 2.66. The van der Waals surface area contributed by atoms with Gasteiger partial charge in [0.1, 0.15) is 5.82 Å². The van der Waals surface area contributed by atoms with Crippen molar-refractivity contribution in [3.05, 3.63) is 54.1 Å². The molecule has 0 radical (unpaired) electrons. The van der Waals surface area contributed by atoms with Crippen LogP contribution in [0.5, 0.6) is 0 Å². The van der Waals surface area contributed by atoms with E-state index in [2.05, 4.69) is 9.97 Å². The number of anilines is 1. The van der Waals surface area contributed by atoms with Gasteiger partial charge >= 0.3 is 0 Å². The molecule has 2 heterocycles. The van der Waals surface area contributed by atoms with E-state index in [9.17, 15) is 4.39 Å². The lowest BCUT2D eigenvalue weighted by Gasteiger charge is -2.06. The Kier molecular flexibility index (Phi) is 2.44. The molecule has 0 atom stereocenters. The number of nitrogen functional groups attached to an aromatic ring is 1. The number of halogens is 1. The summed E-state index contributed by atoms with van der Waals surface area (Å²) in [6, 6.07) is 8.31. The SMILES string of the molecule is Nc1nc2cc(F)ccc2n1Cc1ccncc1. The molecule has 2 N–H and O–H groups in total. The molecule has 5 heteroatoms. The van der Waals surface area contributed by atoms with Gasteiger partial charge in [-0.2, -0.15) is 0 Å². The van der Waals surface area contributed by atoms with Gasteiger partial charge in [0.15, 0.2) is 0 Å². The predicted octanol–water partition coefficient (Wildman–Crippen LogP) is 2.20. The molecule has 0 unspecified atom stereocenters. The minimum absolute atomic E-state index is 0.309. The predicted molar refractivity (Wildman–Crippen MR) is 67.4 cm³/mol. The summed E-state index contributed by atoms with van der Waals surface area (Å²) in [6.07, 6.45) is 3.45. The van der Waals surface area contributed by atoms with E-state index in [1.54, 1.807) is 18.5 Å². The van der Waals surface area contributed by atoms with Gasteiger partial charge < -0.3 is 10.3 Å². The van der Waals surface area contributed by atoms with E-state index in [-0.39, 0.29) is 5.82 Å². The number of imidazole rings is 1. The maximum absolute atomic E-state index is 13.1. The van der Waals surface area contributed by atoms with Crippen LogP contribution in [0.1, 0.15) is 5.56 Å². The molecule has 0 fully saturated rings. The number of fused-ring (bicyclic) bond motifs is 1. The van der Waals surface area contributed by atoms with Crippen LogP contribution in [-0.4, -0.2) is 14.5 Å². The summed E-state index contributed by atoms with van der Waals surface area (Å²) in [4.78, 5) is 8.12. The van der Waals surface area contributed by atoms with Gasteiger partial charge in [0.2, 0.25) is 5.95 Å². The van der Waals surface area contributed by atoms with Gasteiger partial charge in [0, 0.05) is 18.5 Å². The maximum Gasteiger partial charge on any atom is 0.201 e. The van der Waals surface area contributed by atoms with Gasteiger partial charge in [-0.25, -0.2) is 9.37 Å². The highest BCUT2D eigenvalue weighted by Crippen LogP contribution is 2.20. The molecule has 18 heavy (non-hydrogen) atoms. The lowest BCUT2D eigenvalue weighted by Crippen LogP contribution is -2.04. The van der Waals surface area contributed by atoms with Gasteiger partial charge in [-0.3, -0.25) is 4.98 Å². The van der Waals surface area contributed by atoms with Crippen LogP contribution in [0, 0.1) is 5.82 Å². The summed E-state index contributed by atoms with van der Waals surface area (Å²) in [5.74, 6) is 0.0727. The van der Waals surface area contributed by atoms with Crippen molar-refractivity contribution >= 4 is 17.0 Å². The third-order valence-corrected chi connectivity index (χ3v) is 2.83. The molecule has 0 aliphatic rings. The Hall–Kier alpha value is -2.43. The quantitative estimate of drug-likeness (QED) is 0.749. The first-order valence-corrected chi connectivity index (χ1v) is 5.54. The fourth-order valence-electron chi connectivity index (χ4n) is 1.96. The smallest absolute Gasteiger partial charge is 0.201 e. The topological polar surface area (TPSA) is 56.7 Å². The molecule has 3 rings (SSSR count). The highest BCUT2D eigenvalue weighted by atomic mass is 19.1. The molecular weight excluding hydrogens is 231 g/mol. The zero-order valence-corrected chi connectivity index (χ0v) is 9.55. The number of hydrogen-bond acceptors (Lipinski definition) is 3. The van der Waals surface area contributed by atoms with E-state index < -0.39 is 0 Å². The minimum atomic E-state index is -0.309. The van der Waals surface area contributed by atoms with Crippen molar-refractivity contribution < 1.29 is 4.39 Å². The van der Waals surface area contributed by atoms with E-state index in [1.165, 1.54) is 12.1 Å². The lowest BCUT2D eigenvalue weighted by molar-refractivity contribution is 0.629. The van der Waals surface area contributed by atoms with E-state index in [1.807, 2.05) is 16.7 Å². The Bertz CT molecular complexity index is 691. The molecule has 0 bridgehead atoms. The van der Waals surface area contributed by atoms with Crippen molar-refractivity contribution in [3.63, 3.8) is 0 Å². The second-order valence-corrected chi connectivity index (χ2v) is 4.04. The van der Waals surface area contributed by atoms with Crippen LogP contribution in [-0.2, 0) is 6.54 Å². The molecule has 90 valence electrons. The van der Waals surface area contributed by atoms with Gasteiger partial charge in [-0.05, 0) is 29.8 Å². The van der Waals surface area contributed by atoms with Crippen LogP contribution in [0.2, 0.25) is 0 Å². The summed E-state index contributed by atoms with van der Waals surface area (Å²) in [6.45, 7) is 0.594. The summed E-state index contributed by atoms with van der Waals surface area (Å²) in [7, 11) is 0. The third kappa shape index (κ3) is 1.79. The molecule has 0 saturated carbocycles. The van der Waals surface area contributed by atoms with Gasteiger partial charge in [0.25, 0.3) is 0 Å². The standard InChI is InChI=1S/C13H11FN4/c14-10-1-2-12-11(7-10)17-13(15)18(12)8-9-3-5-16-6-4-9/h1-7H,8H2,(H2,15,17). The monoisotopic (exact) mass is 242 g/mol. The van der Waals surface area contributed by atoms with Crippen molar-refractivity contribution in [3.8, 4) is 0 Å². The Labute approximate surface area is 103 Å². The molecule has 3 aromatic rings. The Morgan fingerprint density at radius 3 is 2.72 bits per heavy atom. The fourth-order valence-corrected chi connectivity index (χ4v) is 1.96. The second kappa shape index (κ2) is 4.10. The number of aromatic nitrogens is 3. The van der Waals surface area contributed by atoms with Crippen LogP contribution in [0.15, 0.2) is 42.7 Å². The molecular formula is C13H11FN4. The van der Waals surface area contributed by atoms with Crippen molar-refractivity contribution in [1.82, 2.24) is 14.5 Å². The summed E-state index contributed by atoms with van der Waals surface area (Å²) in [5.41, 5.74) is 8.33. The number of hydrogen-bond donors (Lipinski definition) is 1. The van der Waals surface area contributed by atoms with Crippen LogP contribution in [0.25, 0.3) is 11.0 Å². The summed E-state index contributed by atoms with van der Waals surface area (Å²) in [5, 5.41) is 0. The van der Waals surface area contributed by atoms with Crippen LogP contribution in [0.4, 0.5) is 10.3 Å². The van der Waals surface area contributed by atoms with E-state index in [4.69, 9.17) is 5.73 Å². The molecule has 0 spiro atoms. The maximum atomic E-state index is 13.1. The van der Waals surface area contributed by atoms with Crippen LogP contribution in [0.3, 0.4) is 0 Å². The summed E-state index contributed by atoms with van der Waals surface area (Å²) < 4.78 is 15.0. The van der Waals surface area contributed by atoms with Crippen molar-refractivity contribution in [1.29, 1.82) is 0 Å². The average molecular weight is 242 g/mol. The molecule has 4 nitrogen and oxygen atoms in total. The summed E-state index contributed by atoms with van der Waals surface area (Å²) >= 11 is 0. The molecule has 0 aliphatic carbocycles. The molecule has 1 aromatic carbocycles. The van der Waals surface area contributed by atoms with Crippen LogP contribution < -0.4 is 5.73 Å². The van der Waals surface area contributed by atoms with E-state index in [0.717, 1.165) is 11.1 Å². The second-order valence-electron chi connectivity index (χ2n) is 4.04. The Morgan fingerprint density at radius 2 is 1.94 bits per heavy atom. The van der Waals surface area contributed by atoms with Gasteiger partial charge in [-0.1, -0.05) is 0 Å². The largest absolute Gasteiger partial charge is 0.369 e. The fraction of sp³-hybridized carbons (Fsp3) is 0.0769. The minimum Gasteiger partial charge on any atom is -0.369 e. The number of nitrogens with zero attached hydrogens (tertiary/aromatic N) is 3. The molecule has 2 aromatic heterocycles. The van der Waals surface area contributed by atoms with Crippen LogP contribution >= 0.6 is 0 Å². The van der Waals surface area contributed by atoms with Crippen molar-refractivity contribution in [2.24, 2.45) is 0 Å². The Morgan fingerprint density at radius 1 is 1.17 bits per heavy atom. The number of benzene rings is 1. The molecule has 0 amide bonds. The van der Waals surface area contributed by atoms with Crippen molar-refractivity contribution in [2.75, 3.05) is 5.73 Å². The van der Waals surface area contributed by atoms with E-state index in [0.29, 0.717) is 18.0 Å². The first-order chi connectivity index (χ1) is 8.74. The third-order valence-electron chi connectivity index (χ3n) is 2.83. The lowest BCUT2D eigenvalue weighted by atomic mass is 10.2. The number of pyridine rings is 1. The zero-order valence-electron chi connectivity index (χ0n) is 9.55. The van der Waals surface area contributed by atoms with Gasteiger partial charge in [0.05, 0.1) is 17.6 Å². The molecule has 0 aliphatic heterocycles. The van der Waals surface area contributed by atoms with E-state index >= 15 is 0 Å². The first kappa shape index (κ1) is 10.7.